The molecular weight excluding hydrogens is 364 g/mol. The second-order valence-corrected chi connectivity index (χ2v) is 7.94. The largest absolute Gasteiger partial charge is 0.486 e. The zero-order chi connectivity index (χ0) is 20.2. The fourth-order valence-corrected chi connectivity index (χ4v) is 4.29. The van der Waals surface area contributed by atoms with E-state index in [0.717, 1.165) is 49.7 Å². The maximum Gasteiger partial charge on any atom is 0.226 e. The zero-order valence-corrected chi connectivity index (χ0v) is 17.4. The van der Waals surface area contributed by atoms with E-state index in [1.54, 1.807) is 0 Å². The van der Waals surface area contributed by atoms with Crippen molar-refractivity contribution < 1.29 is 14.3 Å². The molecule has 5 heteroatoms. The molecule has 2 aliphatic heterocycles. The second kappa shape index (κ2) is 8.87. The molecule has 1 fully saturated rings. The minimum atomic E-state index is 0.209. The van der Waals surface area contributed by atoms with Crippen molar-refractivity contribution in [1.82, 2.24) is 4.90 Å². The first kappa shape index (κ1) is 19.8. The number of amides is 1. The molecule has 2 aromatic carbocycles. The van der Waals surface area contributed by atoms with Crippen molar-refractivity contribution in [2.24, 2.45) is 0 Å². The standard InChI is InChI=1S/C24H30N2O3/c1-3-24(27)26(21-6-4-5-18(2)15-21)20-9-11-25(12-10-20)17-19-7-8-22-23(16-19)29-14-13-28-22/h4-8,15-16,20H,3,9-14,17H2,1-2H3. The van der Waals surface area contributed by atoms with Gasteiger partial charge in [0, 0.05) is 37.8 Å². The molecule has 154 valence electrons. The van der Waals surface area contributed by atoms with Crippen LogP contribution in [-0.2, 0) is 11.3 Å². The van der Waals surface area contributed by atoms with Crippen LogP contribution in [0.4, 0.5) is 5.69 Å². The molecule has 5 nitrogen and oxygen atoms in total. The molecule has 1 amide bonds. The lowest BCUT2D eigenvalue weighted by Crippen LogP contribution is -2.47. The zero-order valence-electron chi connectivity index (χ0n) is 17.4. The van der Waals surface area contributed by atoms with Crippen LogP contribution in [0.25, 0.3) is 0 Å². The number of anilines is 1. The maximum absolute atomic E-state index is 12.7. The molecule has 0 unspecified atom stereocenters. The topological polar surface area (TPSA) is 42.0 Å². The Balaban J connectivity index is 1.40. The molecule has 29 heavy (non-hydrogen) atoms. The number of fused-ring (bicyclic) bond motifs is 1. The van der Waals surface area contributed by atoms with Gasteiger partial charge in [-0.15, -0.1) is 0 Å². The van der Waals surface area contributed by atoms with Crippen LogP contribution in [0, 0.1) is 6.92 Å². The molecule has 0 radical (unpaired) electrons. The van der Waals surface area contributed by atoms with Gasteiger partial charge in [0.05, 0.1) is 0 Å². The number of aryl methyl sites for hydroxylation is 1. The van der Waals surface area contributed by atoms with Gasteiger partial charge >= 0.3 is 0 Å². The molecule has 2 heterocycles. The van der Waals surface area contributed by atoms with Crippen molar-refractivity contribution in [3.63, 3.8) is 0 Å². The first-order valence-corrected chi connectivity index (χ1v) is 10.6. The number of carbonyl (C=O) groups excluding carboxylic acids is 1. The minimum absolute atomic E-state index is 0.209. The normalized spacial score (nSPS) is 17.2. The average molecular weight is 395 g/mol. The number of ether oxygens (including phenoxy) is 2. The van der Waals surface area contributed by atoms with Gasteiger partial charge in [-0.25, -0.2) is 0 Å². The van der Waals surface area contributed by atoms with Crippen molar-refractivity contribution in [2.75, 3.05) is 31.2 Å². The van der Waals surface area contributed by atoms with Crippen molar-refractivity contribution in [3.8, 4) is 11.5 Å². The average Bonchev–Trinajstić information content (AvgIpc) is 2.75. The summed E-state index contributed by atoms with van der Waals surface area (Å²) in [5.41, 5.74) is 3.46. The van der Waals surface area contributed by atoms with Crippen LogP contribution in [0.5, 0.6) is 11.5 Å². The number of hydrogen-bond acceptors (Lipinski definition) is 4. The summed E-state index contributed by atoms with van der Waals surface area (Å²) in [6.07, 6.45) is 2.51. The third-order valence-electron chi connectivity index (χ3n) is 5.79. The fourth-order valence-electron chi connectivity index (χ4n) is 4.29. The van der Waals surface area contributed by atoms with Gasteiger partial charge in [0.1, 0.15) is 13.2 Å². The van der Waals surface area contributed by atoms with Crippen molar-refractivity contribution in [1.29, 1.82) is 0 Å². The quantitative estimate of drug-likeness (QED) is 0.763. The first-order chi connectivity index (χ1) is 14.1. The highest BCUT2D eigenvalue weighted by molar-refractivity contribution is 5.93. The highest BCUT2D eigenvalue weighted by Crippen LogP contribution is 2.32. The molecule has 0 atom stereocenters. The van der Waals surface area contributed by atoms with E-state index in [2.05, 4.69) is 42.2 Å². The van der Waals surface area contributed by atoms with Crippen molar-refractivity contribution >= 4 is 11.6 Å². The highest BCUT2D eigenvalue weighted by Gasteiger charge is 2.28. The van der Waals surface area contributed by atoms with Crippen LogP contribution in [0.15, 0.2) is 42.5 Å². The molecule has 0 bridgehead atoms. The van der Waals surface area contributed by atoms with Crippen LogP contribution in [0.2, 0.25) is 0 Å². The number of piperidine rings is 1. The number of carbonyl (C=O) groups is 1. The number of likely N-dealkylation sites (tertiary alicyclic amines) is 1. The SMILES string of the molecule is CCC(=O)N(c1cccc(C)c1)C1CCN(Cc2ccc3c(c2)OCCO3)CC1. The van der Waals surface area contributed by atoms with Crippen molar-refractivity contribution in [2.45, 2.75) is 45.7 Å². The van der Waals surface area contributed by atoms with Gasteiger partial charge in [-0.2, -0.15) is 0 Å². The van der Waals surface area contributed by atoms with Crippen LogP contribution < -0.4 is 14.4 Å². The summed E-state index contributed by atoms with van der Waals surface area (Å²) < 4.78 is 11.3. The molecule has 4 rings (SSSR count). The maximum atomic E-state index is 12.7. The Kier molecular flexibility index (Phi) is 6.05. The Morgan fingerprint density at radius 1 is 1.07 bits per heavy atom. The molecule has 0 spiro atoms. The summed E-state index contributed by atoms with van der Waals surface area (Å²) in [6, 6.07) is 14.8. The Morgan fingerprint density at radius 3 is 2.55 bits per heavy atom. The molecular formula is C24H30N2O3. The molecule has 1 saturated heterocycles. The van der Waals surface area contributed by atoms with E-state index in [9.17, 15) is 4.79 Å². The van der Waals surface area contributed by atoms with E-state index in [4.69, 9.17) is 9.47 Å². The third-order valence-corrected chi connectivity index (χ3v) is 5.79. The van der Waals surface area contributed by atoms with Crippen LogP contribution in [0.3, 0.4) is 0 Å². The van der Waals surface area contributed by atoms with E-state index in [0.29, 0.717) is 19.6 Å². The van der Waals surface area contributed by atoms with E-state index in [1.165, 1.54) is 11.1 Å². The molecule has 0 saturated carbocycles. The summed E-state index contributed by atoms with van der Waals surface area (Å²) in [7, 11) is 0. The lowest BCUT2D eigenvalue weighted by Gasteiger charge is -2.38. The second-order valence-electron chi connectivity index (χ2n) is 7.94. The summed E-state index contributed by atoms with van der Waals surface area (Å²) in [5.74, 6) is 1.90. The van der Waals surface area contributed by atoms with Gasteiger partial charge in [-0.3, -0.25) is 9.69 Å². The predicted octanol–water partition coefficient (Wildman–Crippen LogP) is 4.17. The van der Waals surface area contributed by atoms with Crippen LogP contribution in [0.1, 0.15) is 37.3 Å². The molecule has 0 aliphatic carbocycles. The van der Waals surface area contributed by atoms with Crippen LogP contribution in [-0.4, -0.2) is 43.2 Å². The van der Waals surface area contributed by atoms with Crippen LogP contribution >= 0.6 is 0 Å². The number of rotatable bonds is 5. The van der Waals surface area contributed by atoms with Crippen molar-refractivity contribution in [3.05, 3.63) is 53.6 Å². The van der Waals surface area contributed by atoms with Gasteiger partial charge in [0.2, 0.25) is 5.91 Å². The predicted molar refractivity (Wildman–Crippen MR) is 115 cm³/mol. The summed E-state index contributed by atoms with van der Waals surface area (Å²) in [6.45, 7) is 8.12. The Labute approximate surface area is 173 Å². The minimum Gasteiger partial charge on any atom is -0.486 e. The van der Waals surface area contributed by atoms with Gasteiger partial charge in [-0.1, -0.05) is 25.1 Å². The summed E-state index contributed by atoms with van der Waals surface area (Å²) >= 11 is 0. The van der Waals surface area contributed by atoms with E-state index in [-0.39, 0.29) is 11.9 Å². The molecule has 0 N–H and O–H groups in total. The Bertz CT molecular complexity index is 859. The smallest absolute Gasteiger partial charge is 0.226 e. The van der Waals surface area contributed by atoms with E-state index < -0.39 is 0 Å². The van der Waals surface area contributed by atoms with E-state index in [1.807, 2.05) is 24.0 Å². The fraction of sp³-hybridized carbons (Fsp3) is 0.458. The lowest BCUT2D eigenvalue weighted by molar-refractivity contribution is -0.119. The number of hydrogen-bond donors (Lipinski definition) is 0. The first-order valence-electron chi connectivity index (χ1n) is 10.6. The third kappa shape index (κ3) is 4.56. The number of nitrogens with zero attached hydrogens (tertiary/aromatic N) is 2. The van der Waals surface area contributed by atoms with Gasteiger partial charge in [0.15, 0.2) is 11.5 Å². The molecule has 0 aromatic heterocycles. The molecule has 2 aromatic rings. The Hall–Kier alpha value is -2.53. The number of benzene rings is 2. The summed E-state index contributed by atoms with van der Waals surface area (Å²) in [4.78, 5) is 17.2. The molecule has 2 aliphatic rings. The van der Waals surface area contributed by atoms with E-state index >= 15 is 0 Å². The summed E-state index contributed by atoms with van der Waals surface area (Å²) in [5, 5.41) is 0. The monoisotopic (exact) mass is 394 g/mol. The lowest BCUT2D eigenvalue weighted by atomic mass is 10.0. The Morgan fingerprint density at radius 2 is 1.83 bits per heavy atom. The van der Waals surface area contributed by atoms with Gasteiger partial charge < -0.3 is 14.4 Å². The van der Waals surface area contributed by atoms with Gasteiger partial charge in [-0.05, 0) is 55.2 Å². The highest BCUT2D eigenvalue weighted by atomic mass is 16.6. The van der Waals surface area contributed by atoms with Gasteiger partial charge in [0.25, 0.3) is 0 Å².